The van der Waals surface area contributed by atoms with Gasteiger partial charge in [-0.3, -0.25) is 0 Å². The van der Waals surface area contributed by atoms with Crippen LogP contribution < -0.4 is 5.73 Å². The number of hydrogen-bond acceptors (Lipinski definition) is 3. The van der Waals surface area contributed by atoms with E-state index in [1.165, 1.54) is 6.07 Å². The highest BCUT2D eigenvalue weighted by molar-refractivity contribution is 5.89. The van der Waals surface area contributed by atoms with E-state index < -0.39 is 12.6 Å². The highest BCUT2D eigenvalue weighted by Crippen LogP contribution is 2.09. The zero-order valence-electron chi connectivity index (χ0n) is 9.28. The van der Waals surface area contributed by atoms with Gasteiger partial charge in [-0.2, -0.15) is 0 Å². The first kappa shape index (κ1) is 12.6. The standard InChI is InChI=1S/C12H16FNO2/c1-2-11(8-14)16-12(15)10-5-3-4-9(6-10)7-13/h3-6,11H,2,7-8,14H2,1H3. The lowest BCUT2D eigenvalue weighted by Gasteiger charge is -2.13. The molecule has 1 aromatic rings. The van der Waals surface area contributed by atoms with Gasteiger partial charge >= 0.3 is 5.97 Å². The second kappa shape index (κ2) is 6.23. The molecule has 88 valence electrons. The van der Waals surface area contributed by atoms with E-state index in [4.69, 9.17) is 10.5 Å². The molecule has 4 heteroatoms. The molecule has 0 radical (unpaired) electrons. The fourth-order valence-electron chi connectivity index (χ4n) is 1.30. The van der Waals surface area contributed by atoms with Crippen molar-refractivity contribution in [3.8, 4) is 0 Å². The Morgan fingerprint density at radius 1 is 1.56 bits per heavy atom. The number of alkyl halides is 1. The molecule has 0 bridgehead atoms. The summed E-state index contributed by atoms with van der Waals surface area (Å²) in [5.74, 6) is -0.451. The van der Waals surface area contributed by atoms with Crippen molar-refractivity contribution >= 4 is 5.97 Å². The summed E-state index contributed by atoms with van der Waals surface area (Å²) in [6.45, 7) is 1.60. The quantitative estimate of drug-likeness (QED) is 0.780. The summed E-state index contributed by atoms with van der Waals surface area (Å²) in [5, 5.41) is 0. The molecule has 0 aromatic heterocycles. The van der Waals surface area contributed by atoms with E-state index in [-0.39, 0.29) is 6.10 Å². The minimum atomic E-state index is -0.588. The number of halogens is 1. The zero-order chi connectivity index (χ0) is 12.0. The number of esters is 1. The highest BCUT2D eigenvalue weighted by atomic mass is 19.1. The Morgan fingerprint density at radius 3 is 2.88 bits per heavy atom. The van der Waals surface area contributed by atoms with E-state index in [1.54, 1.807) is 18.2 Å². The van der Waals surface area contributed by atoms with Gasteiger partial charge in [0.15, 0.2) is 0 Å². The van der Waals surface area contributed by atoms with Crippen LogP contribution >= 0.6 is 0 Å². The van der Waals surface area contributed by atoms with Crippen LogP contribution in [0.1, 0.15) is 29.3 Å². The minimum absolute atomic E-state index is 0.276. The van der Waals surface area contributed by atoms with Crippen molar-refractivity contribution in [2.24, 2.45) is 5.73 Å². The molecule has 1 aromatic carbocycles. The van der Waals surface area contributed by atoms with Crippen LogP contribution in [0.3, 0.4) is 0 Å². The van der Waals surface area contributed by atoms with E-state index in [9.17, 15) is 9.18 Å². The van der Waals surface area contributed by atoms with Gasteiger partial charge in [0.25, 0.3) is 0 Å². The number of carbonyl (C=O) groups excluding carboxylic acids is 1. The molecule has 0 fully saturated rings. The third-order valence-corrected chi connectivity index (χ3v) is 2.31. The monoisotopic (exact) mass is 225 g/mol. The third kappa shape index (κ3) is 3.31. The number of rotatable bonds is 5. The van der Waals surface area contributed by atoms with Crippen molar-refractivity contribution in [2.45, 2.75) is 26.1 Å². The predicted octanol–water partition coefficient (Wildman–Crippen LogP) is 2.05. The lowest BCUT2D eigenvalue weighted by molar-refractivity contribution is 0.0312. The topological polar surface area (TPSA) is 52.3 Å². The maximum absolute atomic E-state index is 12.4. The van der Waals surface area contributed by atoms with Crippen molar-refractivity contribution in [2.75, 3.05) is 6.54 Å². The highest BCUT2D eigenvalue weighted by Gasteiger charge is 2.13. The molecule has 0 amide bonds. The van der Waals surface area contributed by atoms with Crippen molar-refractivity contribution in [3.05, 3.63) is 35.4 Å². The Kier molecular flexibility index (Phi) is 4.92. The molecule has 16 heavy (non-hydrogen) atoms. The summed E-state index contributed by atoms with van der Waals surface area (Å²) in [7, 11) is 0. The van der Waals surface area contributed by atoms with Crippen LogP contribution in [0.5, 0.6) is 0 Å². The molecule has 0 heterocycles. The van der Waals surface area contributed by atoms with Gasteiger partial charge in [-0.1, -0.05) is 19.1 Å². The SMILES string of the molecule is CCC(CN)OC(=O)c1cccc(CF)c1. The van der Waals surface area contributed by atoms with Crippen LogP contribution in [-0.2, 0) is 11.4 Å². The van der Waals surface area contributed by atoms with E-state index in [0.29, 0.717) is 24.1 Å². The number of carbonyl (C=O) groups is 1. The molecule has 0 aliphatic rings. The Morgan fingerprint density at radius 2 is 2.31 bits per heavy atom. The van der Waals surface area contributed by atoms with Gasteiger partial charge in [-0.25, -0.2) is 9.18 Å². The van der Waals surface area contributed by atoms with Crippen LogP contribution in [0.15, 0.2) is 24.3 Å². The van der Waals surface area contributed by atoms with E-state index in [0.717, 1.165) is 0 Å². The molecule has 0 aliphatic heterocycles. The Hall–Kier alpha value is -1.42. The van der Waals surface area contributed by atoms with Crippen molar-refractivity contribution < 1.29 is 13.9 Å². The summed E-state index contributed by atoms with van der Waals surface area (Å²) >= 11 is 0. The van der Waals surface area contributed by atoms with Gasteiger partial charge in [0.1, 0.15) is 12.8 Å². The van der Waals surface area contributed by atoms with Gasteiger partial charge in [0, 0.05) is 6.54 Å². The van der Waals surface area contributed by atoms with Crippen LogP contribution in [0.2, 0.25) is 0 Å². The zero-order valence-corrected chi connectivity index (χ0v) is 9.28. The first-order valence-corrected chi connectivity index (χ1v) is 5.27. The maximum atomic E-state index is 12.4. The van der Waals surface area contributed by atoms with Crippen LogP contribution in [-0.4, -0.2) is 18.6 Å². The second-order valence-corrected chi connectivity index (χ2v) is 3.51. The van der Waals surface area contributed by atoms with Crippen molar-refractivity contribution in [3.63, 3.8) is 0 Å². The Balaban J connectivity index is 2.72. The Bertz CT molecular complexity index is 351. The molecular formula is C12H16FNO2. The predicted molar refractivity (Wildman–Crippen MR) is 59.8 cm³/mol. The molecule has 0 saturated heterocycles. The maximum Gasteiger partial charge on any atom is 0.338 e. The van der Waals surface area contributed by atoms with Gasteiger partial charge in [-0.05, 0) is 24.1 Å². The van der Waals surface area contributed by atoms with Gasteiger partial charge in [-0.15, -0.1) is 0 Å². The summed E-state index contributed by atoms with van der Waals surface area (Å²) in [6, 6.07) is 6.35. The van der Waals surface area contributed by atoms with Crippen LogP contribution in [0.4, 0.5) is 4.39 Å². The molecule has 0 aliphatic carbocycles. The molecule has 0 saturated carbocycles. The summed E-state index contributed by atoms with van der Waals surface area (Å²) in [5.41, 5.74) is 6.26. The third-order valence-electron chi connectivity index (χ3n) is 2.31. The number of hydrogen-bond donors (Lipinski definition) is 1. The van der Waals surface area contributed by atoms with E-state index in [1.807, 2.05) is 6.92 Å². The normalized spacial score (nSPS) is 12.2. The molecule has 1 unspecified atom stereocenters. The van der Waals surface area contributed by atoms with E-state index in [2.05, 4.69) is 0 Å². The van der Waals surface area contributed by atoms with Crippen molar-refractivity contribution in [1.29, 1.82) is 0 Å². The molecular weight excluding hydrogens is 209 g/mol. The van der Waals surface area contributed by atoms with Crippen LogP contribution in [0.25, 0.3) is 0 Å². The summed E-state index contributed by atoms with van der Waals surface area (Å²) in [6.07, 6.45) is 0.395. The fraction of sp³-hybridized carbons (Fsp3) is 0.417. The number of nitrogens with two attached hydrogens (primary N) is 1. The first-order valence-electron chi connectivity index (χ1n) is 5.27. The molecule has 3 nitrogen and oxygen atoms in total. The average Bonchev–Trinajstić information content (AvgIpc) is 2.35. The smallest absolute Gasteiger partial charge is 0.338 e. The Labute approximate surface area is 94.4 Å². The van der Waals surface area contributed by atoms with Crippen molar-refractivity contribution in [1.82, 2.24) is 0 Å². The lowest BCUT2D eigenvalue weighted by atomic mass is 10.1. The first-order chi connectivity index (χ1) is 7.71. The van der Waals surface area contributed by atoms with E-state index >= 15 is 0 Å². The fourth-order valence-corrected chi connectivity index (χ4v) is 1.30. The molecule has 0 spiro atoms. The second-order valence-electron chi connectivity index (χ2n) is 3.51. The van der Waals surface area contributed by atoms with Gasteiger partial charge in [0.05, 0.1) is 5.56 Å². The molecule has 2 N–H and O–H groups in total. The number of benzene rings is 1. The molecule has 1 rings (SSSR count). The summed E-state index contributed by atoms with van der Waals surface area (Å²) < 4.78 is 17.5. The van der Waals surface area contributed by atoms with Crippen LogP contribution in [0, 0.1) is 0 Å². The van der Waals surface area contributed by atoms with Gasteiger partial charge < -0.3 is 10.5 Å². The van der Waals surface area contributed by atoms with Gasteiger partial charge in [0.2, 0.25) is 0 Å². The molecule has 1 atom stereocenters. The minimum Gasteiger partial charge on any atom is -0.457 e. The lowest BCUT2D eigenvalue weighted by Crippen LogP contribution is -2.26. The largest absolute Gasteiger partial charge is 0.457 e. The number of ether oxygens (including phenoxy) is 1. The average molecular weight is 225 g/mol. The summed E-state index contributed by atoms with van der Waals surface area (Å²) in [4.78, 5) is 11.6.